The monoisotopic (exact) mass is 278 g/mol. The largest absolute Gasteiger partial charge is 0.508 e. The van der Waals surface area contributed by atoms with Gasteiger partial charge in [-0.1, -0.05) is 26.0 Å². The Kier molecular flexibility index (Phi) is 2.01. The number of rotatable bonds is 0. The highest BCUT2D eigenvalue weighted by molar-refractivity contribution is 6.06. The van der Waals surface area contributed by atoms with Crippen molar-refractivity contribution in [3.63, 3.8) is 0 Å². The Morgan fingerprint density at radius 2 is 1.29 bits per heavy atom. The average molecular weight is 278 g/mol. The molecule has 0 amide bonds. The summed E-state index contributed by atoms with van der Waals surface area (Å²) < 4.78 is 0. The fourth-order valence-corrected chi connectivity index (χ4v) is 4.07. The number of aliphatic hydroxyl groups excluding tert-OH is 1. The standard InChI is InChI=1S/C18H14O3/c1-17-10-3-4-11-6-14(20)9-15(18(11,17)2)16(21)8-12(17)7-13(19)5-10/h3-9,21H,1-2H3/t17-,18+/m1/s1. The highest BCUT2D eigenvalue weighted by Gasteiger charge is 2.58. The maximum Gasteiger partial charge on any atom is 0.179 e. The van der Waals surface area contributed by atoms with Crippen molar-refractivity contribution in [3.05, 3.63) is 70.6 Å². The summed E-state index contributed by atoms with van der Waals surface area (Å²) in [6.07, 6.45) is 11.8. The molecule has 3 nitrogen and oxygen atoms in total. The highest BCUT2D eigenvalue weighted by Crippen LogP contribution is 2.65. The second-order valence-electron chi connectivity index (χ2n) is 6.27. The summed E-state index contributed by atoms with van der Waals surface area (Å²) in [7, 11) is 0. The van der Waals surface area contributed by atoms with Crippen LogP contribution in [0.1, 0.15) is 13.8 Å². The van der Waals surface area contributed by atoms with Gasteiger partial charge >= 0.3 is 0 Å². The van der Waals surface area contributed by atoms with Crippen LogP contribution in [0.4, 0.5) is 0 Å². The molecule has 4 aliphatic carbocycles. The molecule has 0 aliphatic heterocycles. The minimum absolute atomic E-state index is 0.0680. The minimum Gasteiger partial charge on any atom is -0.508 e. The molecule has 2 atom stereocenters. The number of hydrogen-bond donors (Lipinski definition) is 1. The predicted octanol–water partition coefficient (Wildman–Crippen LogP) is 2.90. The van der Waals surface area contributed by atoms with Gasteiger partial charge in [0.15, 0.2) is 11.6 Å². The molecule has 0 spiro atoms. The van der Waals surface area contributed by atoms with Gasteiger partial charge in [0, 0.05) is 16.4 Å². The van der Waals surface area contributed by atoms with Crippen molar-refractivity contribution < 1.29 is 14.7 Å². The molecule has 0 aromatic heterocycles. The quantitative estimate of drug-likeness (QED) is 0.741. The van der Waals surface area contributed by atoms with Crippen LogP contribution < -0.4 is 0 Å². The van der Waals surface area contributed by atoms with Crippen LogP contribution in [-0.4, -0.2) is 16.7 Å². The van der Waals surface area contributed by atoms with Crippen LogP contribution in [0.25, 0.3) is 0 Å². The lowest BCUT2D eigenvalue weighted by Gasteiger charge is -2.56. The van der Waals surface area contributed by atoms with Crippen molar-refractivity contribution >= 4 is 11.6 Å². The first kappa shape index (κ1) is 12.3. The molecule has 0 radical (unpaired) electrons. The topological polar surface area (TPSA) is 54.4 Å². The Labute approximate surface area is 122 Å². The molecule has 0 fully saturated rings. The summed E-state index contributed by atoms with van der Waals surface area (Å²) in [5.41, 5.74) is 2.26. The van der Waals surface area contributed by atoms with E-state index in [1.807, 2.05) is 19.1 Å². The van der Waals surface area contributed by atoms with Gasteiger partial charge < -0.3 is 5.11 Å². The van der Waals surface area contributed by atoms with Crippen LogP contribution in [-0.2, 0) is 9.59 Å². The summed E-state index contributed by atoms with van der Waals surface area (Å²) in [6, 6.07) is 0. The van der Waals surface area contributed by atoms with Gasteiger partial charge in [-0.25, -0.2) is 0 Å². The number of aliphatic hydroxyl groups is 1. The summed E-state index contributed by atoms with van der Waals surface area (Å²) in [4.78, 5) is 23.8. The normalized spacial score (nSPS) is 36.2. The zero-order valence-corrected chi connectivity index (χ0v) is 11.8. The average Bonchev–Trinajstić information content (AvgIpc) is 2.40. The summed E-state index contributed by atoms with van der Waals surface area (Å²) in [6.45, 7) is 4.10. The molecule has 0 saturated carbocycles. The first-order chi connectivity index (χ1) is 9.87. The number of carbonyl (C=O) groups excluding carboxylic acids is 2. The molecule has 0 heterocycles. The van der Waals surface area contributed by atoms with Crippen LogP contribution in [0.15, 0.2) is 70.6 Å². The van der Waals surface area contributed by atoms with Crippen LogP contribution >= 0.6 is 0 Å². The van der Waals surface area contributed by atoms with E-state index in [1.54, 1.807) is 24.3 Å². The van der Waals surface area contributed by atoms with E-state index >= 15 is 0 Å². The molecular formula is C18H14O3. The van der Waals surface area contributed by atoms with E-state index < -0.39 is 10.8 Å². The van der Waals surface area contributed by atoms with Crippen molar-refractivity contribution in [2.75, 3.05) is 0 Å². The van der Waals surface area contributed by atoms with Gasteiger partial charge in [0.2, 0.25) is 0 Å². The molecule has 0 aromatic carbocycles. The predicted molar refractivity (Wildman–Crippen MR) is 78.4 cm³/mol. The molecule has 21 heavy (non-hydrogen) atoms. The molecule has 0 unspecified atom stereocenters. The van der Waals surface area contributed by atoms with E-state index in [9.17, 15) is 14.7 Å². The van der Waals surface area contributed by atoms with Gasteiger partial charge in [-0.2, -0.15) is 0 Å². The van der Waals surface area contributed by atoms with E-state index in [1.165, 1.54) is 6.08 Å². The van der Waals surface area contributed by atoms with Gasteiger partial charge in [-0.3, -0.25) is 9.59 Å². The van der Waals surface area contributed by atoms with Crippen molar-refractivity contribution in [2.45, 2.75) is 13.8 Å². The fraction of sp³-hybridized carbons (Fsp3) is 0.222. The molecule has 0 saturated heterocycles. The van der Waals surface area contributed by atoms with Gasteiger partial charge in [0.1, 0.15) is 5.76 Å². The van der Waals surface area contributed by atoms with Crippen LogP contribution in [0.3, 0.4) is 0 Å². The Balaban J connectivity index is 2.17. The Morgan fingerprint density at radius 1 is 0.762 bits per heavy atom. The molecule has 0 bridgehead atoms. The maximum absolute atomic E-state index is 11.9. The fourth-order valence-electron chi connectivity index (χ4n) is 4.07. The second kappa shape index (κ2) is 3.42. The van der Waals surface area contributed by atoms with Crippen LogP contribution in [0.5, 0.6) is 0 Å². The van der Waals surface area contributed by atoms with Crippen molar-refractivity contribution in [1.29, 1.82) is 0 Å². The molecule has 3 heteroatoms. The van der Waals surface area contributed by atoms with Crippen molar-refractivity contribution in [1.82, 2.24) is 0 Å². The zero-order chi connectivity index (χ0) is 15.0. The summed E-state index contributed by atoms with van der Waals surface area (Å²) in [5, 5.41) is 10.4. The van der Waals surface area contributed by atoms with Gasteiger partial charge in [-0.05, 0) is 47.1 Å². The SMILES string of the molecule is C[C@@]12C3=CC(=O)C=C1C=C(O)C1=CC(=O)C=C(C=C3)[C@@]12C. The molecular weight excluding hydrogens is 264 g/mol. The van der Waals surface area contributed by atoms with E-state index in [0.29, 0.717) is 5.57 Å². The third-order valence-corrected chi connectivity index (χ3v) is 5.46. The number of allylic oxidation sites excluding steroid dienone is 11. The van der Waals surface area contributed by atoms with Crippen molar-refractivity contribution in [2.24, 2.45) is 10.8 Å². The third kappa shape index (κ3) is 1.20. The van der Waals surface area contributed by atoms with Crippen LogP contribution in [0.2, 0.25) is 0 Å². The Morgan fingerprint density at radius 3 is 1.95 bits per heavy atom. The lowest BCUT2D eigenvalue weighted by Crippen LogP contribution is -2.49. The number of carbonyl (C=O) groups is 2. The second-order valence-corrected chi connectivity index (χ2v) is 6.27. The third-order valence-electron chi connectivity index (χ3n) is 5.46. The summed E-state index contributed by atoms with van der Waals surface area (Å²) >= 11 is 0. The smallest absolute Gasteiger partial charge is 0.179 e. The maximum atomic E-state index is 11.9. The molecule has 4 aliphatic rings. The molecule has 104 valence electrons. The Hall–Kier alpha value is -2.42. The van der Waals surface area contributed by atoms with Gasteiger partial charge in [0.05, 0.1) is 0 Å². The lowest BCUT2D eigenvalue weighted by molar-refractivity contribution is -0.112. The van der Waals surface area contributed by atoms with Gasteiger partial charge in [-0.15, -0.1) is 0 Å². The molecule has 0 aromatic rings. The number of ketones is 2. The first-order valence-electron chi connectivity index (χ1n) is 6.93. The van der Waals surface area contributed by atoms with E-state index in [0.717, 1.165) is 16.7 Å². The minimum atomic E-state index is -0.535. The highest BCUT2D eigenvalue weighted by atomic mass is 16.3. The number of hydrogen-bond acceptors (Lipinski definition) is 3. The van der Waals surface area contributed by atoms with E-state index in [-0.39, 0.29) is 17.3 Å². The Bertz CT molecular complexity index is 813. The van der Waals surface area contributed by atoms with Crippen LogP contribution in [0, 0.1) is 10.8 Å². The molecule has 4 rings (SSSR count). The first-order valence-corrected chi connectivity index (χ1v) is 6.93. The van der Waals surface area contributed by atoms with Gasteiger partial charge in [0.25, 0.3) is 0 Å². The zero-order valence-electron chi connectivity index (χ0n) is 11.8. The van der Waals surface area contributed by atoms with E-state index in [2.05, 4.69) is 6.92 Å². The molecule has 1 N–H and O–H groups in total. The van der Waals surface area contributed by atoms with E-state index in [4.69, 9.17) is 0 Å². The van der Waals surface area contributed by atoms with Crippen molar-refractivity contribution in [3.8, 4) is 0 Å². The lowest BCUT2D eigenvalue weighted by atomic mass is 9.46. The summed E-state index contributed by atoms with van der Waals surface area (Å²) in [5.74, 6) is -0.108.